The average Bonchev–Trinajstić information content (AvgIpc) is 2.99. The van der Waals surface area contributed by atoms with Crippen LogP contribution in [0.5, 0.6) is 0 Å². The van der Waals surface area contributed by atoms with Gasteiger partial charge in [-0.3, -0.25) is 14.5 Å². The summed E-state index contributed by atoms with van der Waals surface area (Å²) in [6, 6.07) is 1.94. The Morgan fingerprint density at radius 2 is 2.11 bits per heavy atom. The van der Waals surface area contributed by atoms with Gasteiger partial charge in [0.1, 0.15) is 12.1 Å². The Hall–Kier alpha value is -1.43. The van der Waals surface area contributed by atoms with Gasteiger partial charge in [0.05, 0.1) is 11.7 Å². The van der Waals surface area contributed by atoms with Gasteiger partial charge >= 0.3 is 0 Å². The van der Waals surface area contributed by atoms with Gasteiger partial charge in [-0.15, -0.1) is 0 Å². The Morgan fingerprint density at radius 1 is 1.33 bits per heavy atom. The summed E-state index contributed by atoms with van der Waals surface area (Å²) < 4.78 is 2.61. The minimum atomic E-state index is 0.137. The van der Waals surface area contributed by atoms with Gasteiger partial charge in [-0.2, -0.15) is 5.10 Å². The Bertz CT molecular complexity index is 589. The first kappa shape index (κ1) is 11.6. The number of carbonyl (C=O) groups is 1. The number of hydrogen-bond acceptors (Lipinski definition) is 3. The van der Waals surface area contributed by atoms with Crippen LogP contribution in [0.2, 0.25) is 0 Å². The molecule has 1 aliphatic rings. The fourth-order valence-corrected chi connectivity index (χ4v) is 2.57. The van der Waals surface area contributed by atoms with E-state index in [0.717, 1.165) is 41.4 Å². The molecule has 18 heavy (non-hydrogen) atoms. The molecule has 1 saturated heterocycles. The predicted octanol–water partition coefficient (Wildman–Crippen LogP) is 1.82. The fourth-order valence-electron chi connectivity index (χ4n) is 2.25. The molecule has 0 unspecified atom stereocenters. The van der Waals surface area contributed by atoms with Crippen molar-refractivity contribution in [2.75, 3.05) is 13.1 Å². The smallest absolute Gasteiger partial charge is 0.244 e. The molecule has 3 rings (SSSR count). The first-order valence-electron chi connectivity index (χ1n) is 5.99. The summed E-state index contributed by atoms with van der Waals surface area (Å²) in [6.45, 7) is 2.04. The molecule has 6 heteroatoms. The van der Waals surface area contributed by atoms with E-state index in [1.54, 1.807) is 17.1 Å². The van der Waals surface area contributed by atoms with Crippen molar-refractivity contribution in [3.8, 4) is 0 Å². The van der Waals surface area contributed by atoms with Crippen LogP contribution in [0.25, 0.3) is 11.0 Å². The van der Waals surface area contributed by atoms with Crippen molar-refractivity contribution >= 4 is 32.9 Å². The third-order valence-electron chi connectivity index (χ3n) is 3.21. The maximum atomic E-state index is 12.1. The molecule has 1 amide bonds. The van der Waals surface area contributed by atoms with Crippen LogP contribution in [0.3, 0.4) is 0 Å². The van der Waals surface area contributed by atoms with E-state index < -0.39 is 0 Å². The van der Waals surface area contributed by atoms with Crippen LogP contribution in [-0.4, -0.2) is 38.7 Å². The van der Waals surface area contributed by atoms with Gasteiger partial charge < -0.3 is 4.90 Å². The topological polar surface area (TPSA) is 51.0 Å². The van der Waals surface area contributed by atoms with Crippen molar-refractivity contribution < 1.29 is 4.79 Å². The maximum Gasteiger partial charge on any atom is 0.244 e. The quantitative estimate of drug-likeness (QED) is 0.850. The minimum Gasteiger partial charge on any atom is -0.341 e. The van der Waals surface area contributed by atoms with Gasteiger partial charge in [-0.05, 0) is 34.8 Å². The molecule has 0 bridgehead atoms. The Labute approximate surface area is 113 Å². The fraction of sp³-hybridized carbons (Fsp3) is 0.417. The van der Waals surface area contributed by atoms with Crippen molar-refractivity contribution in [2.24, 2.45) is 0 Å². The van der Waals surface area contributed by atoms with E-state index in [1.165, 1.54) is 0 Å². The number of carbonyl (C=O) groups excluding carboxylic acids is 1. The summed E-state index contributed by atoms with van der Waals surface area (Å²) in [5.41, 5.74) is 1.70. The van der Waals surface area contributed by atoms with E-state index in [0.29, 0.717) is 6.54 Å². The number of rotatable bonds is 2. The van der Waals surface area contributed by atoms with Gasteiger partial charge in [0, 0.05) is 23.8 Å². The summed E-state index contributed by atoms with van der Waals surface area (Å²) in [6.07, 6.45) is 5.65. The monoisotopic (exact) mass is 308 g/mol. The number of amides is 1. The predicted molar refractivity (Wildman–Crippen MR) is 71.0 cm³/mol. The van der Waals surface area contributed by atoms with Crippen LogP contribution >= 0.6 is 15.9 Å². The maximum absolute atomic E-state index is 12.1. The number of halogens is 1. The zero-order chi connectivity index (χ0) is 12.5. The highest BCUT2D eigenvalue weighted by molar-refractivity contribution is 9.10. The van der Waals surface area contributed by atoms with Gasteiger partial charge in [-0.1, -0.05) is 0 Å². The zero-order valence-electron chi connectivity index (χ0n) is 9.84. The third kappa shape index (κ3) is 2.12. The lowest BCUT2D eigenvalue weighted by Gasteiger charge is -2.15. The molecule has 94 valence electrons. The molecule has 5 nitrogen and oxygen atoms in total. The summed E-state index contributed by atoms with van der Waals surface area (Å²) in [5, 5.41) is 4.23. The van der Waals surface area contributed by atoms with Gasteiger partial charge in [0.15, 0.2) is 0 Å². The molecule has 1 aliphatic heterocycles. The van der Waals surface area contributed by atoms with Crippen molar-refractivity contribution in [1.82, 2.24) is 19.7 Å². The molecule has 2 aromatic rings. The number of fused-ring (bicyclic) bond motifs is 1. The molecule has 0 radical (unpaired) electrons. The first-order chi connectivity index (χ1) is 8.74. The first-order valence-corrected chi connectivity index (χ1v) is 6.78. The van der Waals surface area contributed by atoms with Crippen LogP contribution < -0.4 is 0 Å². The lowest BCUT2D eigenvalue weighted by Crippen LogP contribution is -2.31. The Kier molecular flexibility index (Phi) is 3.03. The Balaban J connectivity index is 1.85. The highest BCUT2D eigenvalue weighted by Gasteiger charge is 2.19. The normalized spacial score (nSPS) is 15.5. The van der Waals surface area contributed by atoms with E-state index in [9.17, 15) is 4.79 Å². The van der Waals surface area contributed by atoms with E-state index in [1.807, 2.05) is 11.0 Å². The van der Waals surface area contributed by atoms with Crippen molar-refractivity contribution in [3.63, 3.8) is 0 Å². The SMILES string of the molecule is O=C(Cn1ncc2ncc(Br)cc21)N1CCCC1. The second-order valence-electron chi connectivity index (χ2n) is 4.45. The van der Waals surface area contributed by atoms with Gasteiger partial charge in [0.2, 0.25) is 5.91 Å². The van der Waals surface area contributed by atoms with Gasteiger partial charge in [-0.25, -0.2) is 0 Å². The van der Waals surface area contributed by atoms with Crippen LogP contribution in [-0.2, 0) is 11.3 Å². The number of pyridine rings is 1. The second kappa shape index (κ2) is 4.68. The summed E-state index contributed by atoms with van der Waals surface area (Å²) in [7, 11) is 0. The zero-order valence-corrected chi connectivity index (χ0v) is 11.4. The van der Waals surface area contributed by atoms with Crippen molar-refractivity contribution in [3.05, 3.63) is 22.9 Å². The molecule has 3 heterocycles. The van der Waals surface area contributed by atoms with E-state index in [-0.39, 0.29) is 5.91 Å². The molecule has 0 N–H and O–H groups in total. The lowest BCUT2D eigenvalue weighted by molar-refractivity contribution is -0.130. The highest BCUT2D eigenvalue weighted by atomic mass is 79.9. The number of hydrogen-bond donors (Lipinski definition) is 0. The summed E-state index contributed by atoms with van der Waals surface area (Å²) >= 11 is 3.38. The molecule has 0 aliphatic carbocycles. The number of nitrogens with zero attached hydrogens (tertiary/aromatic N) is 4. The van der Waals surface area contributed by atoms with Crippen molar-refractivity contribution in [2.45, 2.75) is 19.4 Å². The summed E-state index contributed by atoms with van der Waals surface area (Å²) in [4.78, 5) is 18.2. The number of likely N-dealkylation sites (tertiary alicyclic amines) is 1. The van der Waals surface area contributed by atoms with E-state index >= 15 is 0 Å². The van der Waals surface area contributed by atoms with Crippen molar-refractivity contribution in [1.29, 1.82) is 0 Å². The van der Waals surface area contributed by atoms with Crippen LogP contribution in [0.1, 0.15) is 12.8 Å². The molecule has 0 saturated carbocycles. The van der Waals surface area contributed by atoms with Gasteiger partial charge in [0.25, 0.3) is 0 Å². The second-order valence-corrected chi connectivity index (χ2v) is 5.36. The molecule has 0 spiro atoms. The average molecular weight is 309 g/mol. The molecule has 0 aromatic carbocycles. The minimum absolute atomic E-state index is 0.137. The standard InChI is InChI=1S/C12H13BrN4O/c13-9-5-11-10(14-6-9)7-15-17(11)8-12(18)16-3-1-2-4-16/h5-7H,1-4,8H2. The highest BCUT2D eigenvalue weighted by Crippen LogP contribution is 2.17. The molecular weight excluding hydrogens is 296 g/mol. The van der Waals surface area contributed by atoms with Crippen LogP contribution in [0.15, 0.2) is 22.9 Å². The van der Waals surface area contributed by atoms with E-state index in [2.05, 4.69) is 26.0 Å². The molecular formula is C12H13BrN4O. The van der Waals surface area contributed by atoms with Crippen LogP contribution in [0, 0.1) is 0 Å². The Morgan fingerprint density at radius 3 is 2.89 bits per heavy atom. The molecule has 2 aromatic heterocycles. The molecule has 1 fully saturated rings. The van der Waals surface area contributed by atoms with E-state index in [4.69, 9.17) is 0 Å². The lowest BCUT2D eigenvalue weighted by atomic mass is 10.4. The largest absolute Gasteiger partial charge is 0.341 e. The number of aromatic nitrogens is 3. The molecule has 0 atom stereocenters. The van der Waals surface area contributed by atoms with Crippen LogP contribution in [0.4, 0.5) is 0 Å². The third-order valence-corrected chi connectivity index (χ3v) is 3.64. The summed E-state index contributed by atoms with van der Waals surface area (Å²) in [5.74, 6) is 0.137.